The van der Waals surface area contributed by atoms with Crippen LogP contribution in [0.15, 0.2) is 24.3 Å². The Morgan fingerprint density at radius 3 is 2.73 bits per heavy atom. The highest BCUT2D eigenvalue weighted by Crippen LogP contribution is 2.34. The summed E-state index contributed by atoms with van der Waals surface area (Å²) >= 11 is 0. The summed E-state index contributed by atoms with van der Waals surface area (Å²) in [5.41, 5.74) is 0.484. The molecule has 1 atom stereocenters. The third-order valence-corrected chi connectivity index (χ3v) is 5.16. The zero-order valence-electron chi connectivity index (χ0n) is 13.1. The van der Waals surface area contributed by atoms with Crippen LogP contribution in [0.4, 0.5) is 5.69 Å². The Kier molecular flexibility index (Phi) is 4.95. The first kappa shape index (κ1) is 16.6. The molecule has 1 aliphatic heterocycles. The van der Waals surface area contributed by atoms with Crippen LogP contribution in [0, 0.1) is 5.92 Å². The molecule has 1 amide bonds. The Balaban J connectivity index is 2.27. The maximum atomic E-state index is 12.3. The van der Waals surface area contributed by atoms with Crippen LogP contribution in [0.5, 0.6) is 5.75 Å². The third kappa shape index (κ3) is 3.52. The van der Waals surface area contributed by atoms with Crippen LogP contribution in [-0.4, -0.2) is 39.3 Å². The topological polar surface area (TPSA) is 75.7 Å². The SMILES string of the molecule is CCS(=O)(=O)N1CC(C(=O)NCC(C)C)Oc2ccccc21. The number of nitrogens with one attached hydrogen (secondary N) is 1. The number of carbonyl (C=O) groups is 1. The molecule has 122 valence electrons. The van der Waals surface area contributed by atoms with Crippen LogP contribution in [0.2, 0.25) is 0 Å². The Hall–Kier alpha value is -1.76. The van der Waals surface area contributed by atoms with Gasteiger partial charge in [0.25, 0.3) is 5.91 Å². The van der Waals surface area contributed by atoms with Crippen molar-refractivity contribution >= 4 is 21.6 Å². The van der Waals surface area contributed by atoms with Crippen molar-refractivity contribution in [1.82, 2.24) is 5.32 Å². The number of hydrogen-bond acceptors (Lipinski definition) is 4. The highest BCUT2D eigenvalue weighted by molar-refractivity contribution is 7.92. The molecule has 1 unspecified atom stereocenters. The number of fused-ring (bicyclic) bond motifs is 1. The van der Waals surface area contributed by atoms with Gasteiger partial charge in [0, 0.05) is 6.54 Å². The molecule has 6 nitrogen and oxygen atoms in total. The van der Waals surface area contributed by atoms with Gasteiger partial charge in [0.1, 0.15) is 5.75 Å². The molecular weight excluding hydrogens is 304 g/mol. The van der Waals surface area contributed by atoms with Gasteiger partial charge in [-0.15, -0.1) is 0 Å². The summed E-state index contributed by atoms with van der Waals surface area (Å²) in [6, 6.07) is 6.86. The minimum Gasteiger partial charge on any atom is -0.476 e. The van der Waals surface area contributed by atoms with Crippen molar-refractivity contribution in [3.63, 3.8) is 0 Å². The van der Waals surface area contributed by atoms with Gasteiger partial charge in [-0.2, -0.15) is 0 Å². The second kappa shape index (κ2) is 6.56. The van der Waals surface area contributed by atoms with Crippen LogP contribution in [-0.2, 0) is 14.8 Å². The summed E-state index contributed by atoms with van der Waals surface area (Å²) in [5.74, 6) is 0.409. The van der Waals surface area contributed by atoms with Crippen LogP contribution in [0.1, 0.15) is 20.8 Å². The minimum atomic E-state index is -3.46. The summed E-state index contributed by atoms with van der Waals surface area (Å²) in [6.07, 6.45) is -0.838. The molecule has 0 aromatic heterocycles. The summed E-state index contributed by atoms with van der Waals surface area (Å²) < 4.78 is 31.5. The second-order valence-electron chi connectivity index (χ2n) is 5.64. The number of hydrogen-bond donors (Lipinski definition) is 1. The van der Waals surface area contributed by atoms with Crippen molar-refractivity contribution < 1.29 is 17.9 Å². The summed E-state index contributed by atoms with van der Waals surface area (Å²) in [7, 11) is -3.46. The van der Waals surface area contributed by atoms with Gasteiger partial charge < -0.3 is 10.1 Å². The van der Waals surface area contributed by atoms with Crippen LogP contribution >= 0.6 is 0 Å². The van der Waals surface area contributed by atoms with Gasteiger partial charge >= 0.3 is 0 Å². The van der Waals surface area contributed by atoms with Crippen LogP contribution < -0.4 is 14.4 Å². The number of amides is 1. The minimum absolute atomic E-state index is 0.00286. The largest absolute Gasteiger partial charge is 0.476 e. The molecule has 1 N–H and O–H groups in total. The molecule has 1 aliphatic rings. The first-order valence-electron chi connectivity index (χ1n) is 7.39. The molecule has 0 fully saturated rings. The summed E-state index contributed by atoms with van der Waals surface area (Å²) in [4.78, 5) is 12.2. The van der Waals surface area contributed by atoms with E-state index in [1.54, 1.807) is 31.2 Å². The lowest BCUT2D eigenvalue weighted by atomic mass is 10.2. The normalized spacial score (nSPS) is 17.8. The van der Waals surface area contributed by atoms with Crippen molar-refractivity contribution in [2.24, 2.45) is 5.92 Å². The Morgan fingerprint density at radius 2 is 2.09 bits per heavy atom. The molecule has 2 rings (SSSR count). The number of anilines is 1. The maximum Gasteiger partial charge on any atom is 0.263 e. The molecule has 7 heteroatoms. The maximum absolute atomic E-state index is 12.3. The Bertz CT molecular complexity index is 643. The van der Waals surface area contributed by atoms with Gasteiger partial charge in [0.05, 0.1) is 18.0 Å². The van der Waals surface area contributed by atoms with Gasteiger partial charge in [0.2, 0.25) is 10.0 Å². The first-order valence-corrected chi connectivity index (χ1v) is 9.00. The molecule has 0 bridgehead atoms. The number of sulfonamides is 1. The van der Waals surface area contributed by atoms with E-state index in [9.17, 15) is 13.2 Å². The van der Waals surface area contributed by atoms with Crippen LogP contribution in [0.3, 0.4) is 0 Å². The van der Waals surface area contributed by atoms with E-state index in [1.165, 1.54) is 4.31 Å². The molecule has 0 aliphatic carbocycles. The fourth-order valence-corrected chi connectivity index (χ4v) is 3.30. The number of nitrogens with zero attached hydrogens (tertiary/aromatic N) is 1. The van der Waals surface area contributed by atoms with Gasteiger partial charge in [0.15, 0.2) is 6.10 Å². The molecule has 0 radical (unpaired) electrons. The lowest BCUT2D eigenvalue weighted by molar-refractivity contribution is -0.127. The van der Waals surface area contributed by atoms with E-state index in [0.717, 1.165) is 0 Å². The van der Waals surface area contributed by atoms with Crippen LogP contribution in [0.25, 0.3) is 0 Å². The van der Waals surface area contributed by atoms with Gasteiger partial charge in [-0.3, -0.25) is 9.10 Å². The number of benzene rings is 1. The van der Waals surface area contributed by atoms with E-state index in [2.05, 4.69) is 5.32 Å². The monoisotopic (exact) mass is 326 g/mol. The summed E-state index contributed by atoms with van der Waals surface area (Å²) in [6.45, 7) is 6.09. The highest BCUT2D eigenvalue weighted by atomic mass is 32.2. The van der Waals surface area contributed by atoms with E-state index in [4.69, 9.17) is 4.74 Å². The zero-order valence-corrected chi connectivity index (χ0v) is 13.9. The van der Waals surface area contributed by atoms with Crippen molar-refractivity contribution in [2.45, 2.75) is 26.9 Å². The van der Waals surface area contributed by atoms with E-state index in [-0.39, 0.29) is 18.2 Å². The zero-order chi connectivity index (χ0) is 16.3. The number of rotatable bonds is 5. The standard InChI is InChI=1S/C15H22N2O4S/c1-4-22(19,20)17-10-14(15(18)16-9-11(2)3)21-13-8-6-5-7-12(13)17/h5-8,11,14H,4,9-10H2,1-3H3,(H,16,18). The van der Waals surface area contributed by atoms with Gasteiger partial charge in [-0.25, -0.2) is 8.42 Å². The number of ether oxygens (including phenoxy) is 1. The average molecular weight is 326 g/mol. The smallest absolute Gasteiger partial charge is 0.263 e. The fraction of sp³-hybridized carbons (Fsp3) is 0.533. The molecule has 22 heavy (non-hydrogen) atoms. The molecule has 1 heterocycles. The molecule has 0 saturated carbocycles. The Morgan fingerprint density at radius 1 is 1.41 bits per heavy atom. The average Bonchev–Trinajstić information content (AvgIpc) is 2.51. The third-order valence-electron chi connectivity index (χ3n) is 3.41. The quantitative estimate of drug-likeness (QED) is 0.887. The first-order chi connectivity index (χ1) is 10.3. The number of carbonyl (C=O) groups excluding carboxylic acids is 1. The van der Waals surface area contributed by atoms with E-state index >= 15 is 0 Å². The van der Waals surface area contributed by atoms with Crippen molar-refractivity contribution in [2.75, 3.05) is 23.1 Å². The van der Waals surface area contributed by atoms with Crippen molar-refractivity contribution in [1.29, 1.82) is 0 Å². The number of para-hydroxylation sites is 2. The van der Waals surface area contributed by atoms with E-state index in [0.29, 0.717) is 23.9 Å². The summed E-state index contributed by atoms with van der Waals surface area (Å²) in [5, 5.41) is 2.79. The Labute approximate surface area is 131 Å². The van der Waals surface area contributed by atoms with Crippen molar-refractivity contribution in [3.8, 4) is 5.75 Å². The lowest BCUT2D eigenvalue weighted by Gasteiger charge is -2.34. The van der Waals surface area contributed by atoms with Gasteiger partial charge in [-0.1, -0.05) is 26.0 Å². The van der Waals surface area contributed by atoms with E-state index in [1.807, 2.05) is 13.8 Å². The molecule has 1 aromatic carbocycles. The molecule has 1 aromatic rings. The molecule has 0 saturated heterocycles. The predicted octanol–water partition coefficient (Wildman–Crippen LogP) is 1.38. The van der Waals surface area contributed by atoms with Gasteiger partial charge in [-0.05, 0) is 25.0 Å². The van der Waals surface area contributed by atoms with E-state index < -0.39 is 16.1 Å². The van der Waals surface area contributed by atoms with Crippen molar-refractivity contribution in [3.05, 3.63) is 24.3 Å². The highest BCUT2D eigenvalue weighted by Gasteiger charge is 2.35. The lowest BCUT2D eigenvalue weighted by Crippen LogP contribution is -2.51. The second-order valence-corrected chi connectivity index (χ2v) is 7.83. The predicted molar refractivity (Wildman–Crippen MR) is 85.5 cm³/mol. The fourth-order valence-electron chi connectivity index (χ4n) is 2.18. The molecule has 0 spiro atoms. The molecular formula is C15H22N2O4S.